The van der Waals surface area contributed by atoms with Crippen LogP contribution in [0.4, 0.5) is 0 Å². The van der Waals surface area contributed by atoms with Gasteiger partial charge in [-0.05, 0) is 65.2 Å². The van der Waals surface area contributed by atoms with E-state index in [0.29, 0.717) is 46.7 Å². The van der Waals surface area contributed by atoms with Gasteiger partial charge in [-0.1, -0.05) is 78.9 Å². The lowest BCUT2D eigenvalue weighted by Crippen LogP contribution is -2.10. The van der Waals surface area contributed by atoms with Gasteiger partial charge in [-0.2, -0.15) is 0 Å². The molecule has 5 aromatic rings. The normalized spacial score (nSPS) is 10.6. The molecule has 0 fully saturated rings. The molecule has 0 saturated carbocycles. The molecule has 0 radical (unpaired) electrons. The smallest absolute Gasteiger partial charge is 0.310 e. The van der Waals surface area contributed by atoms with Crippen LogP contribution in [0.3, 0.4) is 0 Å². The minimum absolute atomic E-state index is 0.00829. The summed E-state index contributed by atoms with van der Waals surface area (Å²) in [5.41, 5.74) is 2.52. The first kappa shape index (κ1) is 27.5. The highest BCUT2D eigenvalue weighted by Gasteiger charge is 2.20. The Kier molecular flexibility index (Phi) is 9.27. The van der Waals surface area contributed by atoms with Gasteiger partial charge in [0.2, 0.25) is 5.75 Å². The molecule has 0 unspecified atom stereocenters. The van der Waals surface area contributed by atoms with Crippen molar-refractivity contribution < 1.29 is 28.5 Å². The summed E-state index contributed by atoms with van der Waals surface area (Å²) < 4.78 is 29.8. The predicted octanol–water partition coefficient (Wildman–Crippen LogP) is 8.50. The number of para-hydroxylation sites is 3. The Hall–Kier alpha value is -5.07. The number of esters is 1. The number of hydrogen-bond donors (Lipinski definition) is 0. The number of ether oxygens (including phenoxy) is 5. The first-order chi connectivity index (χ1) is 20.2. The second-order valence-corrected chi connectivity index (χ2v) is 9.21. The molecule has 0 spiro atoms. The van der Waals surface area contributed by atoms with E-state index >= 15 is 0 Å². The summed E-state index contributed by atoms with van der Waals surface area (Å²) in [4.78, 5) is 13.0. The van der Waals surface area contributed by atoms with Gasteiger partial charge >= 0.3 is 5.97 Å². The van der Waals surface area contributed by atoms with Gasteiger partial charge in [0, 0.05) is 7.11 Å². The molecule has 0 atom stereocenters. The van der Waals surface area contributed by atoms with Crippen LogP contribution in [0.2, 0.25) is 0 Å². The Morgan fingerprint density at radius 1 is 0.561 bits per heavy atom. The van der Waals surface area contributed by atoms with E-state index in [1.807, 2.05) is 115 Å². The van der Waals surface area contributed by atoms with E-state index in [4.69, 9.17) is 23.7 Å². The molecule has 0 amide bonds. The van der Waals surface area contributed by atoms with E-state index in [2.05, 4.69) is 0 Å². The van der Waals surface area contributed by atoms with Gasteiger partial charge in [0.05, 0.1) is 13.0 Å². The molecule has 0 heterocycles. The van der Waals surface area contributed by atoms with E-state index in [-0.39, 0.29) is 19.0 Å². The Balaban J connectivity index is 1.46. The Morgan fingerprint density at radius 3 is 1.49 bits per heavy atom. The Morgan fingerprint density at radius 2 is 1.00 bits per heavy atom. The Bertz CT molecular complexity index is 1490. The third-order valence-electron chi connectivity index (χ3n) is 6.14. The standard InChI is InChI=1S/C35H30O6/c1-37-24-27-13-11-12-14-28(27)25-38-34(36)23-26-21-32(39-29-15-5-2-6-16-29)35(41-31-19-9-4-10-20-31)33(22-26)40-30-17-7-3-8-18-30/h2-22H,23-25H2,1H3. The third kappa shape index (κ3) is 7.75. The van der Waals surface area contributed by atoms with Gasteiger partial charge < -0.3 is 23.7 Å². The molecule has 206 valence electrons. The summed E-state index contributed by atoms with van der Waals surface area (Å²) in [6.45, 7) is 0.589. The van der Waals surface area contributed by atoms with Crippen molar-refractivity contribution in [3.05, 3.63) is 144 Å². The quantitative estimate of drug-likeness (QED) is 0.146. The van der Waals surface area contributed by atoms with E-state index in [0.717, 1.165) is 11.1 Å². The van der Waals surface area contributed by atoms with Crippen LogP contribution in [0.25, 0.3) is 0 Å². The van der Waals surface area contributed by atoms with Crippen molar-refractivity contribution in [3.63, 3.8) is 0 Å². The van der Waals surface area contributed by atoms with Gasteiger partial charge in [0.1, 0.15) is 23.9 Å². The highest BCUT2D eigenvalue weighted by Crippen LogP contribution is 2.45. The first-order valence-corrected chi connectivity index (χ1v) is 13.2. The number of methoxy groups -OCH3 is 1. The molecule has 0 aliphatic rings. The minimum atomic E-state index is -0.384. The molecule has 6 nitrogen and oxygen atoms in total. The molecule has 6 heteroatoms. The average molecular weight is 547 g/mol. The van der Waals surface area contributed by atoms with Crippen LogP contribution in [-0.2, 0) is 33.9 Å². The minimum Gasteiger partial charge on any atom is -0.461 e. The summed E-state index contributed by atoms with van der Waals surface area (Å²) in [6, 6.07) is 39.5. The second-order valence-electron chi connectivity index (χ2n) is 9.21. The highest BCUT2D eigenvalue weighted by molar-refractivity contribution is 5.74. The number of hydrogen-bond acceptors (Lipinski definition) is 6. The van der Waals surface area contributed by atoms with Crippen molar-refractivity contribution >= 4 is 5.97 Å². The van der Waals surface area contributed by atoms with E-state index in [1.165, 1.54) is 0 Å². The molecule has 5 rings (SSSR count). The van der Waals surface area contributed by atoms with Crippen LogP contribution in [0, 0.1) is 0 Å². The maximum Gasteiger partial charge on any atom is 0.310 e. The molecule has 0 aromatic heterocycles. The van der Waals surface area contributed by atoms with Crippen molar-refractivity contribution in [1.82, 2.24) is 0 Å². The molecular formula is C35H30O6. The summed E-state index contributed by atoms with van der Waals surface area (Å²) in [5.74, 6) is 2.66. The molecule has 0 N–H and O–H groups in total. The fraction of sp³-hybridized carbons (Fsp3) is 0.114. The van der Waals surface area contributed by atoms with Crippen LogP contribution >= 0.6 is 0 Å². The van der Waals surface area contributed by atoms with Gasteiger partial charge in [-0.25, -0.2) is 0 Å². The zero-order valence-electron chi connectivity index (χ0n) is 22.7. The fourth-order valence-corrected chi connectivity index (χ4v) is 4.19. The summed E-state index contributed by atoms with van der Waals surface area (Å²) in [5, 5.41) is 0. The number of carbonyl (C=O) groups excluding carboxylic acids is 1. The number of rotatable bonds is 12. The topological polar surface area (TPSA) is 63.2 Å². The van der Waals surface area contributed by atoms with Crippen LogP contribution < -0.4 is 14.2 Å². The molecule has 0 aliphatic heterocycles. The average Bonchev–Trinajstić information content (AvgIpc) is 3.00. The van der Waals surface area contributed by atoms with Gasteiger partial charge in [0.15, 0.2) is 11.5 Å². The van der Waals surface area contributed by atoms with Crippen LogP contribution in [0.5, 0.6) is 34.5 Å². The van der Waals surface area contributed by atoms with Gasteiger partial charge in [-0.3, -0.25) is 4.79 Å². The lowest BCUT2D eigenvalue weighted by atomic mass is 10.1. The van der Waals surface area contributed by atoms with Crippen molar-refractivity contribution in [1.29, 1.82) is 0 Å². The van der Waals surface area contributed by atoms with Crippen molar-refractivity contribution in [2.45, 2.75) is 19.6 Å². The lowest BCUT2D eigenvalue weighted by molar-refractivity contribution is -0.144. The summed E-state index contributed by atoms with van der Waals surface area (Å²) >= 11 is 0. The third-order valence-corrected chi connectivity index (χ3v) is 6.14. The summed E-state index contributed by atoms with van der Waals surface area (Å²) in [6.07, 6.45) is 0.00829. The van der Waals surface area contributed by atoms with E-state index < -0.39 is 0 Å². The zero-order chi connectivity index (χ0) is 28.3. The van der Waals surface area contributed by atoms with Crippen molar-refractivity contribution in [2.75, 3.05) is 7.11 Å². The first-order valence-electron chi connectivity index (χ1n) is 13.2. The molecule has 41 heavy (non-hydrogen) atoms. The van der Waals surface area contributed by atoms with E-state index in [9.17, 15) is 4.79 Å². The van der Waals surface area contributed by atoms with E-state index in [1.54, 1.807) is 19.2 Å². The molecule has 5 aromatic carbocycles. The largest absolute Gasteiger partial charge is 0.461 e. The van der Waals surface area contributed by atoms with Crippen molar-refractivity contribution in [2.24, 2.45) is 0 Å². The van der Waals surface area contributed by atoms with Crippen LogP contribution in [0.15, 0.2) is 127 Å². The molecular weight excluding hydrogens is 516 g/mol. The van der Waals surface area contributed by atoms with Crippen LogP contribution in [0.1, 0.15) is 16.7 Å². The molecule has 0 bridgehead atoms. The summed E-state index contributed by atoms with van der Waals surface area (Å²) in [7, 11) is 1.64. The van der Waals surface area contributed by atoms with Crippen molar-refractivity contribution in [3.8, 4) is 34.5 Å². The second kappa shape index (κ2) is 13.8. The molecule has 0 aliphatic carbocycles. The SMILES string of the molecule is COCc1ccccc1COC(=O)Cc1cc(Oc2ccccc2)c(Oc2ccccc2)c(Oc2ccccc2)c1. The van der Waals surface area contributed by atoms with Crippen LogP contribution in [-0.4, -0.2) is 13.1 Å². The number of carbonyl (C=O) groups is 1. The Labute approximate surface area is 239 Å². The molecule has 0 saturated heterocycles. The fourth-order valence-electron chi connectivity index (χ4n) is 4.19. The monoisotopic (exact) mass is 546 g/mol. The van der Waals surface area contributed by atoms with Gasteiger partial charge in [-0.15, -0.1) is 0 Å². The number of benzene rings is 5. The lowest BCUT2D eigenvalue weighted by Gasteiger charge is -2.18. The maximum absolute atomic E-state index is 13.0. The zero-order valence-corrected chi connectivity index (χ0v) is 22.7. The maximum atomic E-state index is 13.0. The highest BCUT2D eigenvalue weighted by atomic mass is 16.5. The predicted molar refractivity (Wildman–Crippen MR) is 157 cm³/mol. The van der Waals surface area contributed by atoms with Gasteiger partial charge in [0.25, 0.3) is 0 Å².